The van der Waals surface area contributed by atoms with Gasteiger partial charge in [0, 0.05) is 4.47 Å². The molecule has 1 unspecified atom stereocenters. The van der Waals surface area contributed by atoms with Crippen LogP contribution in [0, 0.1) is 5.92 Å². The van der Waals surface area contributed by atoms with Crippen LogP contribution in [0.1, 0.15) is 37.6 Å². The van der Waals surface area contributed by atoms with E-state index in [1.54, 1.807) is 0 Å². The lowest BCUT2D eigenvalue weighted by Gasteiger charge is -2.24. The van der Waals surface area contributed by atoms with Crippen molar-refractivity contribution in [2.45, 2.75) is 32.1 Å². The SMILES string of the molecule is CCC(CC)C(Cl)c1cc2c(cc1Br)OCCO2. The number of halogens is 2. The Kier molecular flexibility index (Phi) is 4.79. The fraction of sp³-hybridized carbons (Fsp3) is 0.571. The topological polar surface area (TPSA) is 18.5 Å². The highest BCUT2D eigenvalue weighted by atomic mass is 79.9. The molecule has 1 aliphatic heterocycles. The molecule has 1 aromatic rings. The second-order valence-electron chi connectivity index (χ2n) is 4.50. The summed E-state index contributed by atoms with van der Waals surface area (Å²) in [6.07, 6.45) is 2.15. The van der Waals surface area contributed by atoms with Gasteiger partial charge in [-0.25, -0.2) is 0 Å². The van der Waals surface area contributed by atoms with Gasteiger partial charge in [-0.2, -0.15) is 0 Å². The van der Waals surface area contributed by atoms with E-state index in [4.69, 9.17) is 21.1 Å². The summed E-state index contributed by atoms with van der Waals surface area (Å²) in [5.41, 5.74) is 1.09. The van der Waals surface area contributed by atoms with Crippen LogP contribution in [0.5, 0.6) is 11.5 Å². The Labute approximate surface area is 122 Å². The van der Waals surface area contributed by atoms with E-state index in [1.165, 1.54) is 0 Å². The maximum absolute atomic E-state index is 6.59. The molecule has 1 aromatic carbocycles. The molecule has 0 aromatic heterocycles. The smallest absolute Gasteiger partial charge is 0.162 e. The molecule has 0 bridgehead atoms. The third-order valence-corrected chi connectivity index (χ3v) is 4.70. The molecule has 4 heteroatoms. The standard InChI is InChI=1S/C14H18BrClO2/c1-3-9(4-2)14(16)10-7-12-13(8-11(10)15)18-6-5-17-12/h7-9,14H,3-6H2,1-2H3. The molecule has 0 amide bonds. The Hall–Kier alpha value is -0.410. The van der Waals surface area contributed by atoms with E-state index in [9.17, 15) is 0 Å². The number of benzene rings is 1. The third kappa shape index (κ3) is 2.77. The molecule has 2 nitrogen and oxygen atoms in total. The van der Waals surface area contributed by atoms with E-state index in [1.807, 2.05) is 12.1 Å². The number of alkyl halides is 1. The van der Waals surface area contributed by atoms with Gasteiger partial charge in [-0.3, -0.25) is 0 Å². The second-order valence-corrected chi connectivity index (χ2v) is 5.82. The zero-order chi connectivity index (χ0) is 13.1. The van der Waals surface area contributed by atoms with Crippen LogP contribution in [0.4, 0.5) is 0 Å². The van der Waals surface area contributed by atoms with Gasteiger partial charge in [0.25, 0.3) is 0 Å². The van der Waals surface area contributed by atoms with E-state index in [2.05, 4.69) is 29.8 Å². The van der Waals surface area contributed by atoms with Crippen molar-refractivity contribution in [2.75, 3.05) is 13.2 Å². The van der Waals surface area contributed by atoms with Crippen LogP contribution in [0.2, 0.25) is 0 Å². The van der Waals surface area contributed by atoms with Gasteiger partial charge < -0.3 is 9.47 Å². The van der Waals surface area contributed by atoms with Crippen LogP contribution in [0.3, 0.4) is 0 Å². The first-order chi connectivity index (χ1) is 8.67. The Morgan fingerprint density at radius 2 is 1.72 bits per heavy atom. The predicted molar refractivity (Wildman–Crippen MR) is 77.8 cm³/mol. The molecule has 0 saturated carbocycles. The van der Waals surface area contributed by atoms with Crippen LogP contribution in [0.25, 0.3) is 0 Å². The molecular weight excluding hydrogens is 316 g/mol. The Morgan fingerprint density at radius 1 is 1.17 bits per heavy atom. The van der Waals surface area contributed by atoms with Gasteiger partial charge in [0.15, 0.2) is 11.5 Å². The quantitative estimate of drug-likeness (QED) is 0.727. The summed E-state index contributed by atoms with van der Waals surface area (Å²) in [6.45, 7) is 5.56. The molecule has 2 rings (SSSR count). The van der Waals surface area contributed by atoms with Crippen molar-refractivity contribution in [3.63, 3.8) is 0 Å². The molecule has 1 atom stereocenters. The average Bonchev–Trinajstić information content (AvgIpc) is 2.39. The summed E-state index contributed by atoms with van der Waals surface area (Å²) in [4.78, 5) is 0. The Balaban J connectivity index is 2.32. The van der Waals surface area contributed by atoms with E-state index in [0.717, 1.165) is 34.4 Å². The normalized spacial score (nSPS) is 15.8. The maximum Gasteiger partial charge on any atom is 0.162 e. The first-order valence-corrected chi connectivity index (χ1v) is 7.63. The molecule has 0 saturated heterocycles. The molecule has 18 heavy (non-hydrogen) atoms. The summed E-state index contributed by atoms with van der Waals surface area (Å²) in [5.74, 6) is 2.08. The van der Waals surface area contributed by atoms with Gasteiger partial charge in [-0.1, -0.05) is 42.6 Å². The summed E-state index contributed by atoms with van der Waals surface area (Å²) in [6, 6.07) is 3.97. The van der Waals surface area contributed by atoms with Gasteiger partial charge >= 0.3 is 0 Å². The van der Waals surface area contributed by atoms with E-state index in [-0.39, 0.29) is 5.38 Å². The predicted octanol–water partition coefficient (Wildman–Crippen LogP) is 4.94. The van der Waals surface area contributed by atoms with Crippen LogP contribution in [-0.4, -0.2) is 13.2 Å². The number of fused-ring (bicyclic) bond motifs is 1. The first-order valence-electron chi connectivity index (χ1n) is 6.40. The van der Waals surface area contributed by atoms with Gasteiger partial charge in [0.05, 0.1) is 5.38 Å². The second kappa shape index (κ2) is 6.16. The minimum absolute atomic E-state index is 0.00482. The molecule has 0 aliphatic carbocycles. The van der Waals surface area contributed by atoms with Crippen LogP contribution in [0.15, 0.2) is 16.6 Å². The van der Waals surface area contributed by atoms with Crippen LogP contribution >= 0.6 is 27.5 Å². The molecule has 0 spiro atoms. The molecule has 0 radical (unpaired) electrons. The lowest BCUT2D eigenvalue weighted by Crippen LogP contribution is -2.16. The fourth-order valence-corrected chi connectivity index (χ4v) is 3.49. The molecule has 0 fully saturated rings. The molecule has 1 aliphatic rings. The number of ether oxygens (including phenoxy) is 2. The highest BCUT2D eigenvalue weighted by Gasteiger charge is 2.23. The minimum atomic E-state index is 0.00482. The van der Waals surface area contributed by atoms with Crippen molar-refractivity contribution in [3.05, 3.63) is 22.2 Å². The molecule has 100 valence electrons. The Bertz CT molecular complexity index is 419. The zero-order valence-corrected chi connectivity index (χ0v) is 13.1. The first kappa shape index (κ1) is 14.0. The summed E-state index contributed by atoms with van der Waals surface area (Å²) < 4.78 is 12.2. The Morgan fingerprint density at radius 3 is 2.28 bits per heavy atom. The summed E-state index contributed by atoms with van der Waals surface area (Å²) in [5, 5.41) is 0.00482. The van der Waals surface area contributed by atoms with Crippen molar-refractivity contribution in [3.8, 4) is 11.5 Å². The van der Waals surface area contributed by atoms with Crippen molar-refractivity contribution < 1.29 is 9.47 Å². The van der Waals surface area contributed by atoms with Crippen molar-refractivity contribution in [2.24, 2.45) is 5.92 Å². The lowest BCUT2D eigenvalue weighted by molar-refractivity contribution is 0.171. The van der Waals surface area contributed by atoms with E-state index >= 15 is 0 Å². The van der Waals surface area contributed by atoms with Crippen molar-refractivity contribution >= 4 is 27.5 Å². The van der Waals surface area contributed by atoms with Crippen molar-refractivity contribution in [1.82, 2.24) is 0 Å². The van der Waals surface area contributed by atoms with Gasteiger partial charge in [-0.15, -0.1) is 11.6 Å². The molecule has 1 heterocycles. The van der Waals surface area contributed by atoms with Gasteiger partial charge in [-0.05, 0) is 23.6 Å². The molecular formula is C14H18BrClO2. The van der Waals surface area contributed by atoms with Crippen molar-refractivity contribution in [1.29, 1.82) is 0 Å². The van der Waals surface area contributed by atoms with Crippen LogP contribution in [-0.2, 0) is 0 Å². The monoisotopic (exact) mass is 332 g/mol. The average molecular weight is 334 g/mol. The van der Waals surface area contributed by atoms with E-state index < -0.39 is 0 Å². The molecule has 0 N–H and O–H groups in total. The summed E-state index contributed by atoms with van der Waals surface area (Å²) in [7, 11) is 0. The van der Waals surface area contributed by atoms with Gasteiger partial charge in [0.2, 0.25) is 0 Å². The minimum Gasteiger partial charge on any atom is -0.486 e. The zero-order valence-electron chi connectivity index (χ0n) is 10.7. The number of hydrogen-bond acceptors (Lipinski definition) is 2. The van der Waals surface area contributed by atoms with Gasteiger partial charge in [0.1, 0.15) is 13.2 Å². The lowest BCUT2D eigenvalue weighted by atomic mass is 9.94. The van der Waals surface area contributed by atoms with E-state index in [0.29, 0.717) is 19.1 Å². The highest BCUT2D eigenvalue weighted by molar-refractivity contribution is 9.10. The maximum atomic E-state index is 6.59. The number of rotatable bonds is 4. The number of hydrogen-bond donors (Lipinski definition) is 0. The largest absolute Gasteiger partial charge is 0.486 e. The third-order valence-electron chi connectivity index (χ3n) is 3.42. The van der Waals surface area contributed by atoms with Crippen LogP contribution < -0.4 is 9.47 Å². The summed E-state index contributed by atoms with van der Waals surface area (Å²) >= 11 is 10.2. The fourth-order valence-electron chi connectivity index (χ4n) is 2.25. The highest BCUT2D eigenvalue weighted by Crippen LogP contribution is 2.43.